The molecule has 2 heterocycles. The largest absolute Gasteiger partial charge is 0.317 e. The molecule has 0 saturated heterocycles. The highest BCUT2D eigenvalue weighted by atomic mass is 35.5. The second-order valence-electron chi connectivity index (χ2n) is 3.85. The number of hydrogen-bond acceptors (Lipinski definition) is 4. The van der Waals surface area contributed by atoms with Gasteiger partial charge in [0.2, 0.25) is 0 Å². The van der Waals surface area contributed by atoms with E-state index in [-0.39, 0.29) is 16.8 Å². The van der Waals surface area contributed by atoms with Crippen LogP contribution in [0.4, 0.5) is 5.69 Å². The van der Waals surface area contributed by atoms with Crippen molar-refractivity contribution in [1.82, 2.24) is 19.7 Å². The van der Waals surface area contributed by atoms with Gasteiger partial charge in [0.15, 0.2) is 0 Å². The maximum Gasteiger partial charge on any atom is 0.276 e. The molecule has 2 aromatic rings. The van der Waals surface area contributed by atoms with Crippen LogP contribution >= 0.6 is 11.6 Å². The highest BCUT2D eigenvalue weighted by Gasteiger charge is 2.15. The lowest BCUT2D eigenvalue weighted by Crippen LogP contribution is -2.15. The lowest BCUT2D eigenvalue weighted by atomic mass is 10.3. The number of nitrogens with one attached hydrogen (secondary N) is 1. The van der Waals surface area contributed by atoms with Gasteiger partial charge in [-0.25, -0.2) is 4.98 Å². The number of carbonyl (C=O) groups excluding carboxylic acids is 1. The van der Waals surface area contributed by atoms with Gasteiger partial charge in [-0.3, -0.25) is 14.5 Å². The molecule has 0 aromatic carbocycles. The average molecular weight is 266 g/mol. The first-order chi connectivity index (χ1) is 8.49. The van der Waals surface area contributed by atoms with Crippen LogP contribution in [0.3, 0.4) is 0 Å². The van der Waals surface area contributed by atoms with Gasteiger partial charge in [-0.05, 0) is 13.8 Å². The number of nitrogens with zero attached hydrogens (tertiary/aromatic N) is 4. The first-order valence-corrected chi connectivity index (χ1v) is 5.66. The summed E-state index contributed by atoms with van der Waals surface area (Å²) in [6.45, 7) is 3.70. The molecule has 1 amide bonds. The van der Waals surface area contributed by atoms with Crippen LogP contribution in [0.15, 0.2) is 12.4 Å². The minimum atomic E-state index is -0.357. The lowest BCUT2D eigenvalue weighted by Gasteiger charge is -2.04. The third-order valence-electron chi connectivity index (χ3n) is 2.59. The van der Waals surface area contributed by atoms with Crippen LogP contribution < -0.4 is 5.32 Å². The molecule has 7 heteroatoms. The Hall–Kier alpha value is -1.95. The van der Waals surface area contributed by atoms with Gasteiger partial charge in [0.25, 0.3) is 5.91 Å². The van der Waals surface area contributed by atoms with Gasteiger partial charge in [0.05, 0.1) is 29.5 Å². The molecule has 0 bridgehead atoms. The van der Waals surface area contributed by atoms with Gasteiger partial charge in [0.1, 0.15) is 10.8 Å². The zero-order chi connectivity index (χ0) is 13.3. The van der Waals surface area contributed by atoms with Crippen molar-refractivity contribution in [1.29, 1.82) is 0 Å². The Morgan fingerprint density at radius 3 is 2.67 bits per heavy atom. The van der Waals surface area contributed by atoms with Crippen LogP contribution in [0.5, 0.6) is 0 Å². The third-order valence-corrected chi connectivity index (χ3v) is 2.77. The molecule has 6 nitrogen and oxygen atoms in total. The minimum absolute atomic E-state index is 0.171. The predicted molar refractivity (Wildman–Crippen MR) is 67.7 cm³/mol. The Morgan fingerprint density at radius 1 is 1.39 bits per heavy atom. The van der Waals surface area contributed by atoms with E-state index in [1.807, 2.05) is 20.9 Å². The van der Waals surface area contributed by atoms with Crippen molar-refractivity contribution >= 4 is 23.2 Å². The van der Waals surface area contributed by atoms with Crippen LogP contribution in [-0.2, 0) is 7.05 Å². The molecule has 0 aliphatic carbocycles. The van der Waals surface area contributed by atoms with Gasteiger partial charge in [0, 0.05) is 7.05 Å². The van der Waals surface area contributed by atoms with E-state index in [2.05, 4.69) is 20.4 Å². The number of aryl methyl sites for hydroxylation is 2. The molecule has 0 spiro atoms. The fourth-order valence-corrected chi connectivity index (χ4v) is 1.73. The molecular weight excluding hydrogens is 254 g/mol. The molecule has 2 aromatic heterocycles. The molecule has 0 saturated carbocycles. The normalized spacial score (nSPS) is 10.4. The Kier molecular flexibility index (Phi) is 3.29. The first-order valence-electron chi connectivity index (χ1n) is 5.28. The molecule has 0 unspecified atom stereocenters. The Balaban J connectivity index is 2.27. The summed E-state index contributed by atoms with van der Waals surface area (Å²) in [5.41, 5.74) is 2.48. The first kappa shape index (κ1) is 12.5. The zero-order valence-electron chi connectivity index (χ0n) is 10.2. The molecule has 0 aliphatic heterocycles. The molecule has 0 aliphatic rings. The molecule has 0 fully saturated rings. The number of rotatable bonds is 2. The standard InChI is InChI=1S/C11H12ClN5O/c1-6-10(7(2)17(3)16-6)15-11(18)8-4-13-5-9(12)14-8/h4-5H,1-3H3,(H,15,18). The third kappa shape index (κ3) is 2.33. The van der Waals surface area contributed by atoms with Crippen molar-refractivity contribution in [2.24, 2.45) is 7.05 Å². The van der Waals surface area contributed by atoms with Crippen molar-refractivity contribution in [2.75, 3.05) is 5.32 Å². The van der Waals surface area contributed by atoms with Crippen molar-refractivity contribution in [3.05, 3.63) is 34.6 Å². The molecule has 1 N–H and O–H groups in total. The van der Waals surface area contributed by atoms with Gasteiger partial charge in [-0.2, -0.15) is 5.10 Å². The van der Waals surface area contributed by atoms with E-state index in [1.165, 1.54) is 12.4 Å². The maximum atomic E-state index is 12.0. The molecular formula is C11H12ClN5O. The summed E-state index contributed by atoms with van der Waals surface area (Å²) in [6.07, 6.45) is 2.74. The second-order valence-corrected chi connectivity index (χ2v) is 4.24. The van der Waals surface area contributed by atoms with E-state index in [4.69, 9.17) is 11.6 Å². The van der Waals surface area contributed by atoms with Gasteiger partial charge < -0.3 is 5.32 Å². The molecule has 18 heavy (non-hydrogen) atoms. The summed E-state index contributed by atoms with van der Waals surface area (Å²) in [4.78, 5) is 19.7. The van der Waals surface area contributed by atoms with E-state index in [0.29, 0.717) is 5.69 Å². The van der Waals surface area contributed by atoms with E-state index >= 15 is 0 Å². The Bertz CT molecular complexity index is 607. The van der Waals surface area contributed by atoms with Crippen LogP contribution in [0.1, 0.15) is 21.9 Å². The second kappa shape index (κ2) is 4.73. The van der Waals surface area contributed by atoms with Crippen molar-refractivity contribution in [3.8, 4) is 0 Å². The molecule has 2 rings (SSSR count). The molecule has 94 valence electrons. The predicted octanol–water partition coefficient (Wildman–Crippen LogP) is 1.73. The summed E-state index contributed by atoms with van der Waals surface area (Å²) in [5.74, 6) is -0.357. The molecule has 0 atom stereocenters. The summed E-state index contributed by atoms with van der Waals surface area (Å²) in [7, 11) is 1.82. The number of amides is 1. The van der Waals surface area contributed by atoms with Crippen LogP contribution in [0, 0.1) is 13.8 Å². The van der Waals surface area contributed by atoms with Gasteiger partial charge in [-0.15, -0.1) is 0 Å². The Labute approximate surface area is 109 Å². The van der Waals surface area contributed by atoms with Gasteiger partial charge >= 0.3 is 0 Å². The van der Waals surface area contributed by atoms with Crippen molar-refractivity contribution in [2.45, 2.75) is 13.8 Å². The quantitative estimate of drug-likeness (QED) is 0.898. The number of anilines is 1. The summed E-state index contributed by atoms with van der Waals surface area (Å²) in [6, 6.07) is 0. The summed E-state index contributed by atoms with van der Waals surface area (Å²) in [5, 5.41) is 7.16. The monoisotopic (exact) mass is 265 g/mol. The lowest BCUT2D eigenvalue weighted by molar-refractivity contribution is 0.102. The highest BCUT2D eigenvalue weighted by molar-refractivity contribution is 6.29. The minimum Gasteiger partial charge on any atom is -0.317 e. The highest BCUT2D eigenvalue weighted by Crippen LogP contribution is 2.19. The van der Waals surface area contributed by atoms with Crippen LogP contribution in [0.2, 0.25) is 5.15 Å². The molecule has 0 radical (unpaired) electrons. The van der Waals surface area contributed by atoms with Gasteiger partial charge in [-0.1, -0.05) is 11.6 Å². The van der Waals surface area contributed by atoms with Crippen LogP contribution in [0.25, 0.3) is 0 Å². The average Bonchev–Trinajstić information content (AvgIpc) is 2.56. The Morgan fingerprint density at radius 2 is 2.11 bits per heavy atom. The summed E-state index contributed by atoms with van der Waals surface area (Å²) >= 11 is 5.69. The fourth-order valence-electron chi connectivity index (χ4n) is 1.58. The van der Waals surface area contributed by atoms with E-state index in [0.717, 1.165) is 11.4 Å². The number of aromatic nitrogens is 4. The smallest absolute Gasteiger partial charge is 0.276 e. The van der Waals surface area contributed by atoms with E-state index in [1.54, 1.807) is 4.68 Å². The fraction of sp³-hybridized carbons (Fsp3) is 0.273. The van der Waals surface area contributed by atoms with E-state index < -0.39 is 0 Å². The topological polar surface area (TPSA) is 72.7 Å². The maximum absolute atomic E-state index is 12.0. The summed E-state index contributed by atoms with van der Waals surface area (Å²) < 4.78 is 1.70. The number of halogens is 1. The van der Waals surface area contributed by atoms with E-state index in [9.17, 15) is 4.79 Å². The number of hydrogen-bond donors (Lipinski definition) is 1. The SMILES string of the molecule is Cc1nn(C)c(C)c1NC(=O)c1cncc(Cl)n1. The number of carbonyl (C=O) groups is 1. The zero-order valence-corrected chi connectivity index (χ0v) is 11.0. The van der Waals surface area contributed by atoms with Crippen molar-refractivity contribution < 1.29 is 4.79 Å². The van der Waals surface area contributed by atoms with Crippen molar-refractivity contribution in [3.63, 3.8) is 0 Å². The van der Waals surface area contributed by atoms with Crippen LogP contribution in [-0.4, -0.2) is 25.7 Å².